The molecule has 0 aromatic heterocycles. The van der Waals surface area contributed by atoms with Crippen molar-refractivity contribution in [2.24, 2.45) is 0 Å². The molecule has 1 aliphatic carbocycles. The number of amides is 1. The van der Waals surface area contributed by atoms with Gasteiger partial charge in [0.25, 0.3) is 5.91 Å². The minimum Gasteiger partial charge on any atom is -0.481 e. The fraction of sp³-hybridized carbons (Fsp3) is 0.278. The van der Waals surface area contributed by atoms with Gasteiger partial charge in [-0.25, -0.2) is 4.39 Å². The Labute approximate surface area is 129 Å². The number of nitrogens with one attached hydrogen (secondary N) is 1. The van der Waals surface area contributed by atoms with Crippen molar-refractivity contribution in [3.8, 4) is 5.75 Å². The number of carbonyl (C=O) groups excluding carboxylic acids is 1. The van der Waals surface area contributed by atoms with Gasteiger partial charge in [-0.1, -0.05) is 24.3 Å². The second-order valence-corrected chi connectivity index (χ2v) is 5.42. The van der Waals surface area contributed by atoms with Gasteiger partial charge in [-0.3, -0.25) is 4.79 Å². The maximum atomic E-state index is 13.4. The first-order valence-electron chi connectivity index (χ1n) is 7.52. The van der Waals surface area contributed by atoms with E-state index in [9.17, 15) is 9.18 Å². The Hall–Kier alpha value is -2.36. The fourth-order valence-corrected chi connectivity index (χ4v) is 2.79. The molecule has 3 nitrogen and oxygen atoms in total. The number of halogens is 1. The van der Waals surface area contributed by atoms with Gasteiger partial charge in [0.05, 0.1) is 0 Å². The van der Waals surface area contributed by atoms with Crippen LogP contribution in [0.5, 0.6) is 5.75 Å². The SMILES string of the molecule is O=C(COc1ccccc1F)Nc1cccc2c1CCCC2. The molecule has 1 N–H and O–H groups in total. The van der Waals surface area contributed by atoms with E-state index < -0.39 is 5.82 Å². The van der Waals surface area contributed by atoms with E-state index in [4.69, 9.17) is 4.74 Å². The summed E-state index contributed by atoms with van der Waals surface area (Å²) < 4.78 is 18.7. The lowest BCUT2D eigenvalue weighted by Crippen LogP contribution is -2.22. The molecule has 2 aromatic carbocycles. The summed E-state index contributed by atoms with van der Waals surface area (Å²) in [6.07, 6.45) is 4.39. The molecular formula is C18H18FNO2. The highest BCUT2D eigenvalue weighted by atomic mass is 19.1. The predicted molar refractivity (Wildman–Crippen MR) is 83.6 cm³/mol. The van der Waals surface area contributed by atoms with Crippen LogP contribution < -0.4 is 10.1 Å². The molecule has 114 valence electrons. The number of aryl methyl sites for hydroxylation is 1. The van der Waals surface area contributed by atoms with Gasteiger partial charge < -0.3 is 10.1 Å². The summed E-state index contributed by atoms with van der Waals surface area (Å²) >= 11 is 0. The molecule has 0 atom stereocenters. The number of benzene rings is 2. The highest BCUT2D eigenvalue weighted by molar-refractivity contribution is 5.92. The summed E-state index contributed by atoms with van der Waals surface area (Å²) in [6.45, 7) is -0.204. The third kappa shape index (κ3) is 3.27. The Morgan fingerprint density at radius 1 is 1.09 bits per heavy atom. The molecule has 1 amide bonds. The Bertz CT molecular complexity index is 685. The Morgan fingerprint density at radius 2 is 1.91 bits per heavy atom. The minimum absolute atomic E-state index is 0.0905. The quantitative estimate of drug-likeness (QED) is 0.934. The van der Waals surface area contributed by atoms with Gasteiger partial charge in [0.2, 0.25) is 0 Å². The van der Waals surface area contributed by atoms with Gasteiger partial charge in [0.1, 0.15) is 0 Å². The zero-order valence-corrected chi connectivity index (χ0v) is 12.3. The van der Waals surface area contributed by atoms with Crippen LogP contribution in [0.2, 0.25) is 0 Å². The lowest BCUT2D eigenvalue weighted by molar-refractivity contribution is -0.118. The van der Waals surface area contributed by atoms with Crippen molar-refractivity contribution in [2.45, 2.75) is 25.7 Å². The maximum absolute atomic E-state index is 13.4. The number of hydrogen-bond donors (Lipinski definition) is 1. The van der Waals surface area contributed by atoms with E-state index in [0.29, 0.717) is 0 Å². The second-order valence-electron chi connectivity index (χ2n) is 5.42. The van der Waals surface area contributed by atoms with Crippen molar-refractivity contribution in [3.05, 3.63) is 59.4 Å². The van der Waals surface area contributed by atoms with E-state index in [1.54, 1.807) is 12.1 Å². The topological polar surface area (TPSA) is 38.3 Å². The normalized spacial score (nSPS) is 13.3. The molecule has 0 radical (unpaired) electrons. The van der Waals surface area contributed by atoms with Gasteiger partial charge in [0, 0.05) is 5.69 Å². The van der Waals surface area contributed by atoms with Crippen molar-refractivity contribution in [1.82, 2.24) is 0 Å². The molecular weight excluding hydrogens is 281 g/mol. The largest absolute Gasteiger partial charge is 0.481 e. The van der Waals surface area contributed by atoms with Crippen LogP contribution >= 0.6 is 0 Å². The first-order chi connectivity index (χ1) is 10.7. The molecule has 0 saturated heterocycles. The van der Waals surface area contributed by atoms with Gasteiger partial charge >= 0.3 is 0 Å². The van der Waals surface area contributed by atoms with Gasteiger partial charge in [-0.05, 0) is 55.0 Å². The Kier molecular flexibility index (Phi) is 4.37. The third-order valence-electron chi connectivity index (χ3n) is 3.87. The van der Waals surface area contributed by atoms with Crippen LogP contribution in [0.3, 0.4) is 0 Å². The summed E-state index contributed by atoms with van der Waals surface area (Å²) in [6, 6.07) is 12.0. The van der Waals surface area contributed by atoms with Crippen molar-refractivity contribution < 1.29 is 13.9 Å². The molecule has 4 heteroatoms. The lowest BCUT2D eigenvalue weighted by atomic mass is 9.90. The number of hydrogen-bond acceptors (Lipinski definition) is 2. The standard InChI is InChI=1S/C18H18FNO2/c19-15-9-3-4-11-17(15)22-12-18(21)20-16-10-5-7-13-6-1-2-8-14(13)16/h3-5,7,9-11H,1-2,6,8,12H2,(H,20,21). The van der Waals surface area contributed by atoms with Gasteiger partial charge in [-0.15, -0.1) is 0 Å². The van der Waals surface area contributed by atoms with Gasteiger partial charge in [0.15, 0.2) is 18.2 Å². The van der Waals surface area contributed by atoms with Crippen LogP contribution in [-0.2, 0) is 17.6 Å². The van der Waals surface area contributed by atoms with E-state index in [1.807, 2.05) is 12.1 Å². The molecule has 22 heavy (non-hydrogen) atoms. The highest BCUT2D eigenvalue weighted by Crippen LogP contribution is 2.27. The summed E-state index contributed by atoms with van der Waals surface area (Å²) in [7, 11) is 0. The lowest BCUT2D eigenvalue weighted by Gasteiger charge is -2.19. The van der Waals surface area contributed by atoms with Crippen molar-refractivity contribution in [3.63, 3.8) is 0 Å². The van der Waals surface area contributed by atoms with E-state index in [2.05, 4.69) is 11.4 Å². The van der Waals surface area contributed by atoms with E-state index in [0.717, 1.165) is 24.9 Å². The van der Waals surface area contributed by atoms with Crippen LogP contribution in [0.25, 0.3) is 0 Å². The van der Waals surface area contributed by atoms with Gasteiger partial charge in [-0.2, -0.15) is 0 Å². The average Bonchev–Trinajstić information content (AvgIpc) is 2.54. The summed E-state index contributed by atoms with van der Waals surface area (Å²) in [4.78, 5) is 12.0. The van der Waals surface area contributed by atoms with E-state index in [-0.39, 0.29) is 18.3 Å². The van der Waals surface area contributed by atoms with Crippen LogP contribution in [0.15, 0.2) is 42.5 Å². The number of anilines is 1. The van der Waals surface area contributed by atoms with Crippen molar-refractivity contribution in [2.75, 3.05) is 11.9 Å². The van der Waals surface area contributed by atoms with E-state index in [1.165, 1.54) is 29.7 Å². The molecule has 0 bridgehead atoms. The molecule has 0 spiro atoms. The first kappa shape index (κ1) is 14.6. The molecule has 0 heterocycles. The monoisotopic (exact) mass is 299 g/mol. The third-order valence-corrected chi connectivity index (χ3v) is 3.87. The number of fused-ring (bicyclic) bond motifs is 1. The molecule has 0 fully saturated rings. The average molecular weight is 299 g/mol. The molecule has 1 aliphatic rings. The number of para-hydroxylation sites is 1. The Morgan fingerprint density at radius 3 is 2.77 bits per heavy atom. The molecule has 0 unspecified atom stereocenters. The van der Waals surface area contributed by atoms with E-state index >= 15 is 0 Å². The first-order valence-corrected chi connectivity index (χ1v) is 7.52. The zero-order chi connectivity index (χ0) is 15.4. The van der Waals surface area contributed by atoms with Crippen LogP contribution in [-0.4, -0.2) is 12.5 Å². The summed E-state index contributed by atoms with van der Waals surface area (Å²) in [5.41, 5.74) is 3.37. The maximum Gasteiger partial charge on any atom is 0.262 e. The summed E-state index contributed by atoms with van der Waals surface area (Å²) in [5, 5.41) is 2.87. The minimum atomic E-state index is -0.465. The molecule has 0 saturated carbocycles. The Balaban J connectivity index is 1.64. The van der Waals surface area contributed by atoms with Crippen molar-refractivity contribution >= 4 is 11.6 Å². The predicted octanol–water partition coefficient (Wildman–Crippen LogP) is 3.72. The number of rotatable bonds is 4. The fourth-order valence-electron chi connectivity index (χ4n) is 2.79. The number of ether oxygens (including phenoxy) is 1. The molecule has 3 rings (SSSR count). The van der Waals surface area contributed by atoms with Crippen LogP contribution in [0, 0.1) is 5.82 Å². The zero-order valence-electron chi connectivity index (χ0n) is 12.3. The highest BCUT2D eigenvalue weighted by Gasteiger charge is 2.14. The molecule has 0 aliphatic heterocycles. The molecule has 2 aromatic rings. The second kappa shape index (κ2) is 6.60. The summed E-state index contributed by atoms with van der Waals surface area (Å²) in [5.74, 6) is -0.651. The smallest absolute Gasteiger partial charge is 0.262 e. The van der Waals surface area contributed by atoms with Crippen molar-refractivity contribution in [1.29, 1.82) is 0 Å². The van der Waals surface area contributed by atoms with Crippen LogP contribution in [0.1, 0.15) is 24.0 Å². The van der Waals surface area contributed by atoms with Crippen LogP contribution in [0.4, 0.5) is 10.1 Å². The number of carbonyl (C=O) groups is 1.